The number of ether oxygens (including phenoxy) is 2. The topological polar surface area (TPSA) is 76.5 Å². The smallest absolute Gasteiger partial charge is 0.221 e. The van der Waals surface area contributed by atoms with E-state index < -0.39 is 0 Å². The van der Waals surface area contributed by atoms with Crippen molar-refractivity contribution in [3.8, 4) is 11.5 Å². The lowest BCUT2D eigenvalue weighted by Gasteiger charge is -2.22. The first-order chi connectivity index (χ1) is 15.2. The number of carbonyl (C=O) groups excluding carboxylic acids is 1. The molecule has 0 saturated heterocycles. The van der Waals surface area contributed by atoms with Crippen molar-refractivity contribution in [2.75, 3.05) is 13.2 Å². The number of benzene rings is 2. The highest BCUT2D eigenvalue weighted by Crippen LogP contribution is 2.39. The van der Waals surface area contributed by atoms with Crippen LogP contribution in [0, 0.1) is 0 Å². The zero-order valence-corrected chi connectivity index (χ0v) is 17.4. The molecular formula is C24H21ClN2O4. The molecule has 0 aliphatic carbocycles. The van der Waals surface area contributed by atoms with Crippen molar-refractivity contribution < 1.29 is 18.7 Å². The molecule has 1 amide bonds. The van der Waals surface area contributed by atoms with Crippen LogP contribution in [0.1, 0.15) is 29.2 Å². The minimum Gasteiger partial charge on any atom is -0.486 e. The van der Waals surface area contributed by atoms with Gasteiger partial charge in [0.15, 0.2) is 11.5 Å². The first kappa shape index (κ1) is 19.6. The summed E-state index contributed by atoms with van der Waals surface area (Å²) in [5.74, 6) is 1.86. The third kappa shape index (κ3) is 4.11. The molecule has 1 aliphatic heterocycles. The second-order valence-electron chi connectivity index (χ2n) is 7.45. The lowest BCUT2D eigenvalue weighted by molar-refractivity contribution is -0.121. The molecule has 0 unspecified atom stereocenters. The molecule has 2 aromatic carbocycles. The van der Waals surface area contributed by atoms with Gasteiger partial charge in [-0.15, -0.1) is 0 Å². The molecule has 0 saturated carbocycles. The van der Waals surface area contributed by atoms with Crippen molar-refractivity contribution in [3.05, 3.63) is 82.9 Å². The van der Waals surface area contributed by atoms with Gasteiger partial charge in [0.2, 0.25) is 5.91 Å². The highest BCUT2D eigenvalue weighted by atomic mass is 35.5. The van der Waals surface area contributed by atoms with Crippen LogP contribution < -0.4 is 14.8 Å². The molecule has 31 heavy (non-hydrogen) atoms. The van der Waals surface area contributed by atoms with Gasteiger partial charge in [0.05, 0.1) is 12.8 Å². The Balaban J connectivity index is 1.49. The van der Waals surface area contributed by atoms with E-state index in [1.165, 1.54) is 0 Å². The summed E-state index contributed by atoms with van der Waals surface area (Å²) < 4.78 is 16.7. The van der Waals surface area contributed by atoms with Gasteiger partial charge >= 0.3 is 0 Å². The molecule has 1 atom stereocenters. The Morgan fingerprint density at radius 2 is 1.97 bits per heavy atom. The predicted molar refractivity (Wildman–Crippen MR) is 118 cm³/mol. The van der Waals surface area contributed by atoms with Crippen LogP contribution in [0.2, 0.25) is 5.02 Å². The molecule has 2 aromatic heterocycles. The third-order valence-electron chi connectivity index (χ3n) is 5.45. The van der Waals surface area contributed by atoms with Crippen molar-refractivity contribution in [2.24, 2.45) is 0 Å². The minimum atomic E-state index is -0.195. The molecule has 2 N–H and O–H groups in total. The fourth-order valence-electron chi connectivity index (χ4n) is 3.94. The Morgan fingerprint density at radius 3 is 2.81 bits per heavy atom. The lowest BCUT2D eigenvalue weighted by atomic mass is 9.87. The number of H-pyrrole nitrogens is 1. The van der Waals surface area contributed by atoms with Crippen molar-refractivity contribution in [1.82, 2.24) is 10.3 Å². The molecule has 3 heterocycles. The number of amides is 1. The molecular weight excluding hydrogens is 416 g/mol. The van der Waals surface area contributed by atoms with Gasteiger partial charge in [-0.2, -0.15) is 0 Å². The second kappa shape index (κ2) is 8.40. The van der Waals surface area contributed by atoms with E-state index >= 15 is 0 Å². The molecule has 4 aromatic rings. The van der Waals surface area contributed by atoms with Crippen LogP contribution in [0.4, 0.5) is 0 Å². The first-order valence-corrected chi connectivity index (χ1v) is 10.5. The van der Waals surface area contributed by atoms with E-state index in [1.807, 2.05) is 48.7 Å². The van der Waals surface area contributed by atoms with Gasteiger partial charge in [-0.05, 0) is 53.6 Å². The number of aromatic amines is 1. The molecule has 6 nitrogen and oxygen atoms in total. The summed E-state index contributed by atoms with van der Waals surface area (Å²) >= 11 is 6.27. The Bertz CT molecular complexity index is 1220. The summed E-state index contributed by atoms with van der Waals surface area (Å²) in [5.41, 5.74) is 2.94. The number of hydrogen-bond acceptors (Lipinski definition) is 4. The molecule has 0 fully saturated rings. The van der Waals surface area contributed by atoms with Crippen LogP contribution in [0.3, 0.4) is 0 Å². The van der Waals surface area contributed by atoms with Crippen molar-refractivity contribution in [2.45, 2.75) is 18.9 Å². The normalized spacial score (nSPS) is 13.8. The quantitative estimate of drug-likeness (QED) is 0.444. The molecule has 158 valence electrons. The number of rotatable bonds is 6. The summed E-state index contributed by atoms with van der Waals surface area (Å²) in [5, 5.41) is 4.59. The molecule has 0 radical (unpaired) electrons. The summed E-state index contributed by atoms with van der Waals surface area (Å²) in [6, 6.07) is 15.2. The number of nitrogens with one attached hydrogen (secondary N) is 2. The van der Waals surface area contributed by atoms with Gasteiger partial charge in [-0.1, -0.05) is 17.7 Å². The Hall–Kier alpha value is -3.38. The van der Waals surface area contributed by atoms with E-state index in [1.54, 1.807) is 12.3 Å². The number of carbonyl (C=O) groups is 1. The summed E-state index contributed by atoms with van der Waals surface area (Å²) in [7, 11) is 0. The molecule has 0 spiro atoms. The average molecular weight is 437 g/mol. The van der Waals surface area contributed by atoms with E-state index in [0.29, 0.717) is 36.3 Å². The fourth-order valence-corrected chi connectivity index (χ4v) is 4.12. The van der Waals surface area contributed by atoms with Gasteiger partial charge in [-0.25, -0.2) is 0 Å². The van der Waals surface area contributed by atoms with Crippen LogP contribution in [0.5, 0.6) is 11.5 Å². The number of aromatic nitrogens is 1. The first-order valence-electron chi connectivity index (χ1n) is 10.1. The van der Waals surface area contributed by atoms with Crippen molar-refractivity contribution in [3.63, 3.8) is 0 Å². The van der Waals surface area contributed by atoms with Crippen LogP contribution in [0.25, 0.3) is 10.9 Å². The number of furan rings is 1. The zero-order chi connectivity index (χ0) is 21.2. The van der Waals surface area contributed by atoms with Crippen molar-refractivity contribution >= 4 is 28.4 Å². The standard InChI is InChI=1S/C24H21ClN2O4/c25-16-4-5-21-19(11-16)20(14-26-21)18(12-24(28)27-13-17-2-1-7-29-17)15-3-6-22-23(10-15)31-9-8-30-22/h1-7,10-11,14,18,26H,8-9,12-13H2,(H,27,28)/t18-/m1/s1. The summed E-state index contributed by atoms with van der Waals surface area (Å²) in [4.78, 5) is 16.2. The second-order valence-corrected chi connectivity index (χ2v) is 7.89. The van der Waals surface area contributed by atoms with Gasteiger partial charge in [0, 0.05) is 34.5 Å². The van der Waals surface area contributed by atoms with E-state index in [2.05, 4.69) is 10.3 Å². The van der Waals surface area contributed by atoms with E-state index in [0.717, 1.165) is 27.8 Å². The molecule has 5 rings (SSSR count). The number of fused-ring (bicyclic) bond motifs is 2. The predicted octanol–water partition coefficient (Wildman–Crippen LogP) is 5.02. The number of halogens is 1. The fraction of sp³-hybridized carbons (Fsp3) is 0.208. The highest BCUT2D eigenvalue weighted by molar-refractivity contribution is 6.31. The lowest BCUT2D eigenvalue weighted by Crippen LogP contribution is -2.25. The largest absolute Gasteiger partial charge is 0.486 e. The zero-order valence-electron chi connectivity index (χ0n) is 16.7. The maximum Gasteiger partial charge on any atom is 0.221 e. The molecule has 7 heteroatoms. The van der Waals surface area contributed by atoms with Crippen LogP contribution >= 0.6 is 11.6 Å². The number of hydrogen-bond donors (Lipinski definition) is 2. The monoisotopic (exact) mass is 436 g/mol. The van der Waals surface area contributed by atoms with Crippen molar-refractivity contribution in [1.29, 1.82) is 0 Å². The minimum absolute atomic E-state index is 0.0762. The Kier molecular flexibility index (Phi) is 5.30. The summed E-state index contributed by atoms with van der Waals surface area (Å²) in [6.45, 7) is 1.39. The SMILES string of the molecule is O=C(C[C@H](c1ccc2c(c1)OCCO2)c1c[nH]c2ccc(Cl)cc12)NCc1ccco1. The Morgan fingerprint density at radius 1 is 1.10 bits per heavy atom. The van der Waals surface area contributed by atoms with Crippen LogP contribution in [-0.4, -0.2) is 24.1 Å². The van der Waals surface area contributed by atoms with Crippen LogP contribution in [0.15, 0.2) is 65.4 Å². The average Bonchev–Trinajstić information content (AvgIpc) is 3.45. The maximum atomic E-state index is 12.9. The van der Waals surface area contributed by atoms with Gasteiger partial charge in [-0.3, -0.25) is 4.79 Å². The van der Waals surface area contributed by atoms with E-state index in [9.17, 15) is 4.79 Å². The summed E-state index contributed by atoms with van der Waals surface area (Å²) in [6.07, 6.45) is 3.80. The third-order valence-corrected chi connectivity index (χ3v) is 5.68. The van der Waals surface area contributed by atoms with E-state index in [-0.39, 0.29) is 18.2 Å². The molecule has 1 aliphatic rings. The molecule has 0 bridgehead atoms. The maximum absolute atomic E-state index is 12.9. The Labute approximate surface area is 184 Å². The highest BCUT2D eigenvalue weighted by Gasteiger charge is 2.24. The van der Waals surface area contributed by atoms with Gasteiger partial charge in [0.25, 0.3) is 0 Å². The van der Waals surface area contributed by atoms with Gasteiger partial charge in [0.1, 0.15) is 19.0 Å². The van der Waals surface area contributed by atoms with Crippen LogP contribution in [-0.2, 0) is 11.3 Å². The van der Waals surface area contributed by atoms with Gasteiger partial charge < -0.3 is 24.2 Å². The van der Waals surface area contributed by atoms with E-state index in [4.69, 9.17) is 25.5 Å².